The second kappa shape index (κ2) is 8.05. The molecule has 162 valence electrons. The zero-order chi connectivity index (χ0) is 22.3. The lowest BCUT2D eigenvalue weighted by molar-refractivity contribution is -0.147. The summed E-state index contributed by atoms with van der Waals surface area (Å²) < 4.78 is 13.5. The summed E-state index contributed by atoms with van der Waals surface area (Å²) in [5.41, 5.74) is 0.758. The number of anilines is 2. The van der Waals surface area contributed by atoms with Crippen LogP contribution < -0.4 is 9.80 Å². The summed E-state index contributed by atoms with van der Waals surface area (Å²) in [6.07, 6.45) is 1.03. The van der Waals surface area contributed by atoms with Crippen molar-refractivity contribution < 1.29 is 23.9 Å². The molecule has 0 bridgehead atoms. The molecule has 6 nitrogen and oxygen atoms in total. The predicted molar refractivity (Wildman–Crippen MR) is 115 cm³/mol. The number of fused-ring (bicyclic) bond motifs is 1. The van der Waals surface area contributed by atoms with E-state index < -0.39 is 23.1 Å². The normalized spacial score (nSPS) is 20.9. The minimum absolute atomic E-state index is 0.00987. The van der Waals surface area contributed by atoms with Gasteiger partial charge in [0.2, 0.25) is 11.5 Å². The lowest BCUT2D eigenvalue weighted by Gasteiger charge is -2.28. The Morgan fingerprint density at radius 1 is 1.19 bits per heavy atom. The molecule has 2 aliphatic rings. The molecule has 2 aromatic carbocycles. The molecule has 0 radical (unpaired) electrons. The maximum absolute atomic E-state index is 13.5. The van der Waals surface area contributed by atoms with Gasteiger partial charge in [-0.15, -0.1) is 0 Å². The van der Waals surface area contributed by atoms with E-state index >= 15 is 0 Å². The molecule has 2 aliphatic heterocycles. The SMILES string of the molecule is CN1C(=O)CCc2cc(N3CC[C@@](O)(C(=O)CCc4cc(F)cc(Cl)c4)C3=O)ccc21. The molecule has 8 heteroatoms. The number of rotatable bonds is 5. The smallest absolute Gasteiger partial charge is 0.266 e. The van der Waals surface area contributed by atoms with E-state index in [1.165, 1.54) is 17.0 Å². The van der Waals surface area contributed by atoms with Gasteiger partial charge in [0.25, 0.3) is 5.91 Å². The van der Waals surface area contributed by atoms with Crippen molar-refractivity contribution in [3.63, 3.8) is 0 Å². The van der Waals surface area contributed by atoms with Crippen LogP contribution in [0.15, 0.2) is 36.4 Å². The van der Waals surface area contributed by atoms with Crippen molar-refractivity contribution in [2.24, 2.45) is 0 Å². The van der Waals surface area contributed by atoms with Crippen molar-refractivity contribution in [2.45, 2.75) is 37.7 Å². The van der Waals surface area contributed by atoms with Gasteiger partial charge in [-0.25, -0.2) is 4.39 Å². The monoisotopic (exact) mass is 444 g/mol. The summed E-state index contributed by atoms with van der Waals surface area (Å²) in [7, 11) is 1.71. The van der Waals surface area contributed by atoms with Gasteiger partial charge in [0.05, 0.1) is 0 Å². The van der Waals surface area contributed by atoms with Crippen molar-refractivity contribution in [1.29, 1.82) is 0 Å². The van der Waals surface area contributed by atoms with E-state index in [4.69, 9.17) is 11.6 Å². The van der Waals surface area contributed by atoms with Crippen LogP contribution in [0.5, 0.6) is 0 Å². The van der Waals surface area contributed by atoms with Crippen LogP contribution in [-0.4, -0.2) is 41.9 Å². The van der Waals surface area contributed by atoms with Crippen molar-refractivity contribution >= 4 is 40.6 Å². The molecule has 2 amide bonds. The van der Waals surface area contributed by atoms with Crippen LogP contribution in [0.25, 0.3) is 0 Å². The third-order valence-electron chi connectivity index (χ3n) is 6.04. The van der Waals surface area contributed by atoms with E-state index in [0.717, 1.165) is 11.3 Å². The van der Waals surface area contributed by atoms with Gasteiger partial charge in [0.15, 0.2) is 5.78 Å². The fraction of sp³-hybridized carbons (Fsp3) is 0.348. The highest BCUT2D eigenvalue weighted by atomic mass is 35.5. The third kappa shape index (κ3) is 3.95. The summed E-state index contributed by atoms with van der Waals surface area (Å²) >= 11 is 5.84. The maximum Gasteiger partial charge on any atom is 0.266 e. The molecule has 31 heavy (non-hydrogen) atoms. The zero-order valence-electron chi connectivity index (χ0n) is 17.0. The van der Waals surface area contributed by atoms with Crippen LogP contribution in [0.3, 0.4) is 0 Å². The maximum atomic E-state index is 13.5. The molecule has 1 atom stereocenters. The van der Waals surface area contributed by atoms with Crippen LogP contribution >= 0.6 is 11.6 Å². The number of ketones is 1. The molecule has 2 heterocycles. The highest BCUT2D eigenvalue weighted by Gasteiger charge is 2.50. The number of aliphatic hydroxyl groups is 1. The van der Waals surface area contributed by atoms with Crippen LogP contribution in [-0.2, 0) is 27.2 Å². The molecule has 4 rings (SSSR count). The summed E-state index contributed by atoms with van der Waals surface area (Å²) in [5.74, 6) is -1.72. The molecule has 2 aromatic rings. The van der Waals surface area contributed by atoms with Gasteiger partial charge >= 0.3 is 0 Å². The summed E-state index contributed by atoms with van der Waals surface area (Å²) in [5, 5.41) is 11.1. The van der Waals surface area contributed by atoms with E-state index in [-0.39, 0.29) is 36.7 Å². The number of Topliss-reactive ketones (excluding diaryl/α,β-unsaturated/α-hetero) is 1. The molecule has 0 saturated carbocycles. The summed E-state index contributed by atoms with van der Waals surface area (Å²) in [6.45, 7) is 0.209. The number of nitrogens with zero attached hydrogens (tertiary/aromatic N) is 2. The van der Waals surface area contributed by atoms with Gasteiger partial charge in [-0.05, 0) is 60.4 Å². The van der Waals surface area contributed by atoms with Gasteiger partial charge < -0.3 is 14.9 Å². The number of hydrogen-bond donors (Lipinski definition) is 1. The molecule has 0 aliphatic carbocycles. The Hall–Kier alpha value is -2.77. The Morgan fingerprint density at radius 3 is 2.71 bits per heavy atom. The van der Waals surface area contributed by atoms with Crippen molar-refractivity contribution in [3.05, 3.63) is 58.4 Å². The largest absolute Gasteiger partial charge is 0.373 e. The summed E-state index contributed by atoms with van der Waals surface area (Å²) in [4.78, 5) is 40.6. The number of halogens is 2. The van der Waals surface area contributed by atoms with Gasteiger partial charge in [-0.2, -0.15) is 0 Å². The van der Waals surface area contributed by atoms with E-state index in [9.17, 15) is 23.9 Å². The van der Waals surface area contributed by atoms with Crippen LogP contribution in [0.4, 0.5) is 15.8 Å². The van der Waals surface area contributed by atoms with Crippen molar-refractivity contribution in [3.8, 4) is 0 Å². The second-order valence-electron chi connectivity index (χ2n) is 8.03. The van der Waals surface area contributed by atoms with Crippen LogP contribution in [0.1, 0.15) is 30.4 Å². The lowest BCUT2D eigenvalue weighted by Crippen LogP contribution is -2.47. The molecule has 1 N–H and O–H groups in total. The molecule has 1 fully saturated rings. The quantitative estimate of drug-likeness (QED) is 0.719. The average molecular weight is 445 g/mol. The Morgan fingerprint density at radius 2 is 1.97 bits per heavy atom. The van der Waals surface area contributed by atoms with Gasteiger partial charge in [0.1, 0.15) is 5.82 Å². The Balaban J connectivity index is 1.49. The number of carbonyl (C=O) groups is 3. The molecular weight excluding hydrogens is 423 g/mol. The molecule has 0 aromatic heterocycles. The van der Waals surface area contributed by atoms with Crippen molar-refractivity contribution in [1.82, 2.24) is 0 Å². The average Bonchev–Trinajstić information content (AvgIpc) is 3.04. The molecule has 1 saturated heterocycles. The third-order valence-corrected chi connectivity index (χ3v) is 6.26. The van der Waals surface area contributed by atoms with Crippen LogP contribution in [0, 0.1) is 5.82 Å². The van der Waals surface area contributed by atoms with E-state index in [1.54, 1.807) is 30.1 Å². The predicted octanol–water partition coefficient (Wildman–Crippen LogP) is 3.06. The number of aryl methyl sites for hydroxylation is 2. The lowest BCUT2D eigenvalue weighted by atomic mass is 9.92. The van der Waals surface area contributed by atoms with Gasteiger partial charge in [0, 0.05) is 49.3 Å². The first-order valence-corrected chi connectivity index (χ1v) is 10.5. The Kier molecular flexibility index (Phi) is 5.58. The Bertz CT molecular complexity index is 1070. The highest BCUT2D eigenvalue weighted by Crippen LogP contribution is 2.35. The number of amides is 2. The van der Waals surface area contributed by atoms with E-state index in [2.05, 4.69) is 0 Å². The molecule has 0 spiro atoms. The first-order valence-electron chi connectivity index (χ1n) is 10.1. The number of carbonyl (C=O) groups excluding carboxylic acids is 3. The minimum Gasteiger partial charge on any atom is -0.373 e. The fourth-order valence-corrected chi connectivity index (χ4v) is 4.49. The standard InChI is InChI=1S/C23H22ClFN2O4/c1-26-19-5-4-18(12-15(19)3-7-21(26)29)27-9-8-23(31,22(27)30)20(28)6-2-14-10-16(24)13-17(25)11-14/h4-5,10-13,31H,2-3,6-9H2,1H3/t23-/m1/s1. The van der Waals surface area contributed by atoms with Gasteiger partial charge in [-0.3, -0.25) is 14.4 Å². The van der Waals surface area contributed by atoms with Gasteiger partial charge in [-0.1, -0.05) is 11.6 Å². The van der Waals surface area contributed by atoms with E-state index in [0.29, 0.717) is 24.1 Å². The van der Waals surface area contributed by atoms with Crippen molar-refractivity contribution in [2.75, 3.05) is 23.4 Å². The topological polar surface area (TPSA) is 77.9 Å². The minimum atomic E-state index is -2.10. The van der Waals surface area contributed by atoms with E-state index in [1.807, 2.05) is 6.07 Å². The Labute approximate surface area is 184 Å². The van der Waals surface area contributed by atoms with Crippen LogP contribution in [0.2, 0.25) is 5.02 Å². The first kappa shape index (κ1) is 21.5. The summed E-state index contributed by atoms with van der Waals surface area (Å²) in [6, 6.07) is 9.34. The first-order chi connectivity index (χ1) is 14.7. The zero-order valence-corrected chi connectivity index (χ0v) is 17.8. The number of benzene rings is 2. The molecule has 0 unspecified atom stereocenters. The molecular formula is C23H22ClFN2O4. The highest BCUT2D eigenvalue weighted by molar-refractivity contribution is 6.30. The fourth-order valence-electron chi connectivity index (χ4n) is 4.24. The second-order valence-corrected chi connectivity index (χ2v) is 8.47. The number of hydrogen-bond acceptors (Lipinski definition) is 4.